The van der Waals surface area contributed by atoms with Gasteiger partial charge in [-0.05, 0) is 24.1 Å². The third kappa shape index (κ3) is 2.69. The Hall–Kier alpha value is -2.05. The molecule has 0 aromatic heterocycles. The minimum absolute atomic E-state index is 0.00981. The third-order valence-corrected chi connectivity index (χ3v) is 2.62. The summed E-state index contributed by atoms with van der Waals surface area (Å²) in [5.41, 5.74) is 0.00981. The van der Waals surface area contributed by atoms with Crippen LogP contribution in [-0.2, 0) is 4.79 Å². The van der Waals surface area contributed by atoms with E-state index in [9.17, 15) is 18.0 Å². The number of benzene rings is 1. The molecule has 1 aromatic rings. The van der Waals surface area contributed by atoms with E-state index < -0.39 is 29.4 Å². The molecule has 0 radical (unpaired) electrons. The zero-order valence-electron chi connectivity index (χ0n) is 10.1. The van der Waals surface area contributed by atoms with Crippen LogP contribution in [-0.4, -0.2) is 18.4 Å². The van der Waals surface area contributed by atoms with Crippen LogP contribution in [0.3, 0.4) is 0 Å². The fourth-order valence-electron chi connectivity index (χ4n) is 1.71. The Morgan fingerprint density at radius 3 is 2.47 bits per heavy atom. The Labute approximate surface area is 107 Å². The van der Waals surface area contributed by atoms with E-state index in [1.54, 1.807) is 0 Å². The van der Waals surface area contributed by atoms with Gasteiger partial charge in [0.2, 0.25) is 0 Å². The van der Waals surface area contributed by atoms with Crippen molar-refractivity contribution in [1.82, 2.24) is 10.6 Å². The number of rotatable bonds is 3. The van der Waals surface area contributed by atoms with Gasteiger partial charge in [-0.2, -0.15) is 0 Å². The summed E-state index contributed by atoms with van der Waals surface area (Å²) in [6, 6.07) is 0.608. The lowest BCUT2D eigenvalue weighted by atomic mass is 10.1. The molecule has 1 aromatic carbocycles. The second-order valence-corrected chi connectivity index (χ2v) is 4.10. The quantitative estimate of drug-likeness (QED) is 0.821. The summed E-state index contributed by atoms with van der Waals surface area (Å²) < 4.78 is 39.1. The zero-order valence-corrected chi connectivity index (χ0v) is 10.1. The Morgan fingerprint density at radius 1 is 1.26 bits per heavy atom. The average Bonchev–Trinajstić information content (AvgIpc) is 2.74. The van der Waals surface area contributed by atoms with Crippen LogP contribution in [0.1, 0.15) is 24.9 Å². The zero-order chi connectivity index (χ0) is 14.0. The molecule has 0 bridgehead atoms. The number of hydrogen-bond acceptors (Lipinski definition) is 2. The van der Waals surface area contributed by atoms with Crippen LogP contribution in [0.2, 0.25) is 0 Å². The molecule has 1 atom stereocenters. The van der Waals surface area contributed by atoms with E-state index in [0.29, 0.717) is 6.54 Å². The standard InChI is InChI=1S/C12H12F3N3O/c1-2-3-16-12-17-10(11(19)18-12)6-4-7(13)9(15)8(14)5-6/h4-5,10H,2-3H2,1H3,(H2,16,17,18,19). The van der Waals surface area contributed by atoms with E-state index in [2.05, 4.69) is 15.6 Å². The molecule has 0 spiro atoms. The van der Waals surface area contributed by atoms with E-state index in [-0.39, 0.29) is 11.5 Å². The van der Waals surface area contributed by atoms with Crippen LogP contribution >= 0.6 is 0 Å². The van der Waals surface area contributed by atoms with Gasteiger partial charge in [-0.15, -0.1) is 0 Å². The van der Waals surface area contributed by atoms with E-state index in [1.165, 1.54) is 0 Å². The van der Waals surface area contributed by atoms with Gasteiger partial charge in [0.1, 0.15) is 6.04 Å². The Balaban J connectivity index is 2.26. The highest BCUT2D eigenvalue weighted by Crippen LogP contribution is 2.21. The molecule has 1 saturated heterocycles. The van der Waals surface area contributed by atoms with E-state index in [4.69, 9.17) is 0 Å². The highest BCUT2D eigenvalue weighted by molar-refractivity contribution is 6.06. The minimum Gasteiger partial charge on any atom is -0.340 e. The topological polar surface area (TPSA) is 53.5 Å². The molecule has 102 valence electrons. The number of hydrogen-bond donors (Lipinski definition) is 2. The van der Waals surface area contributed by atoms with E-state index >= 15 is 0 Å². The van der Waals surface area contributed by atoms with Crippen LogP contribution in [0.25, 0.3) is 0 Å². The normalized spacial score (nSPS) is 20.5. The summed E-state index contributed by atoms with van der Waals surface area (Å²) in [5.74, 6) is -4.45. The number of nitrogens with one attached hydrogen (secondary N) is 2. The predicted octanol–water partition coefficient (Wildman–Crippen LogP) is 1.63. The molecule has 2 N–H and O–H groups in total. The lowest BCUT2D eigenvalue weighted by Crippen LogP contribution is -2.25. The van der Waals surface area contributed by atoms with Crippen molar-refractivity contribution in [2.45, 2.75) is 19.4 Å². The van der Waals surface area contributed by atoms with Crippen molar-refractivity contribution in [3.63, 3.8) is 0 Å². The Kier molecular flexibility index (Phi) is 3.73. The van der Waals surface area contributed by atoms with Crippen molar-refractivity contribution in [2.75, 3.05) is 6.54 Å². The molecule has 0 saturated carbocycles. The molecule has 4 nitrogen and oxygen atoms in total. The number of carbonyl (C=O) groups is 1. The molecule has 1 aliphatic rings. The molecule has 1 fully saturated rings. The predicted molar refractivity (Wildman–Crippen MR) is 62.9 cm³/mol. The molecule has 2 rings (SSSR count). The van der Waals surface area contributed by atoms with Crippen molar-refractivity contribution < 1.29 is 18.0 Å². The van der Waals surface area contributed by atoms with Crippen LogP contribution < -0.4 is 10.6 Å². The van der Waals surface area contributed by atoms with Crippen molar-refractivity contribution in [3.8, 4) is 0 Å². The highest BCUT2D eigenvalue weighted by atomic mass is 19.2. The third-order valence-electron chi connectivity index (χ3n) is 2.62. The molecule has 1 unspecified atom stereocenters. The number of amides is 1. The number of guanidine groups is 1. The number of carbonyl (C=O) groups excluding carboxylic acids is 1. The lowest BCUT2D eigenvalue weighted by Gasteiger charge is -2.09. The largest absolute Gasteiger partial charge is 0.340 e. The van der Waals surface area contributed by atoms with E-state index in [1.807, 2.05) is 6.92 Å². The van der Waals surface area contributed by atoms with Gasteiger partial charge in [-0.3, -0.25) is 15.1 Å². The van der Waals surface area contributed by atoms with Crippen molar-refractivity contribution in [1.29, 1.82) is 0 Å². The van der Waals surface area contributed by atoms with E-state index in [0.717, 1.165) is 18.6 Å². The van der Waals surface area contributed by atoms with Crippen LogP contribution in [0.4, 0.5) is 13.2 Å². The van der Waals surface area contributed by atoms with Crippen LogP contribution in [0.5, 0.6) is 0 Å². The van der Waals surface area contributed by atoms with Crippen molar-refractivity contribution in [3.05, 3.63) is 35.1 Å². The average molecular weight is 271 g/mol. The fraction of sp³-hybridized carbons (Fsp3) is 0.333. The second kappa shape index (κ2) is 5.29. The number of halogens is 3. The molecule has 1 amide bonds. The monoisotopic (exact) mass is 271 g/mol. The summed E-state index contributed by atoms with van der Waals surface area (Å²) in [4.78, 5) is 15.7. The maximum atomic E-state index is 13.1. The molecular weight excluding hydrogens is 259 g/mol. The van der Waals surface area contributed by atoms with Gasteiger partial charge in [0.15, 0.2) is 23.4 Å². The first-order valence-electron chi connectivity index (χ1n) is 5.79. The molecule has 19 heavy (non-hydrogen) atoms. The summed E-state index contributed by atoms with van der Waals surface area (Å²) in [6.07, 6.45) is 0.797. The van der Waals surface area contributed by atoms with Crippen LogP contribution in [0, 0.1) is 17.5 Å². The molecule has 0 aliphatic carbocycles. The smallest absolute Gasteiger partial charge is 0.253 e. The maximum absolute atomic E-state index is 13.1. The highest BCUT2D eigenvalue weighted by Gasteiger charge is 2.31. The fourth-order valence-corrected chi connectivity index (χ4v) is 1.71. The van der Waals surface area contributed by atoms with Crippen molar-refractivity contribution in [2.24, 2.45) is 4.99 Å². The van der Waals surface area contributed by atoms with Gasteiger partial charge in [0, 0.05) is 6.54 Å². The van der Waals surface area contributed by atoms with Gasteiger partial charge in [0.25, 0.3) is 5.91 Å². The Bertz CT molecular complexity index is 522. The van der Waals surface area contributed by atoms with Gasteiger partial charge >= 0.3 is 0 Å². The molecular formula is C12H12F3N3O. The number of aliphatic imine (C=N–C) groups is 1. The van der Waals surface area contributed by atoms with Gasteiger partial charge in [-0.1, -0.05) is 6.92 Å². The summed E-state index contributed by atoms with van der Waals surface area (Å²) in [5, 5.41) is 5.15. The Morgan fingerprint density at radius 2 is 1.89 bits per heavy atom. The minimum atomic E-state index is -1.55. The maximum Gasteiger partial charge on any atom is 0.253 e. The first-order valence-corrected chi connectivity index (χ1v) is 5.79. The molecule has 1 aliphatic heterocycles. The van der Waals surface area contributed by atoms with Gasteiger partial charge in [0.05, 0.1) is 0 Å². The summed E-state index contributed by atoms with van der Waals surface area (Å²) in [6.45, 7) is 2.44. The second-order valence-electron chi connectivity index (χ2n) is 4.10. The van der Waals surface area contributed by atoms with Crippen molar-refractivity contribution >= 4 is 11.9 Å². The first kappa shape index (κ1) is 13.4. The summed E-state index contributed by atoms with van der Waals surface area (Å²) in [7, 11) is 0. The van der Waals surface area contributed by atoms with Gasteiger partial charge in [-0.25, -0.2) is 13.2 Å². The first-order chi connectivity index (χ1) is 9.02. The number of nitrogens with zero attached hydrogens (tertiary/aromatic N) is 1. The molecule has 7 heteroatoms. The van der Waals surface area contributed by atoms with Gasteiger partial charge < -0.3 is 5.32 Å². The summed E-state index contributed by atoms with van der Waals surface area (Å²) >= 11 is 0. The molecule has 1 heterocycles. The van der Waals surface area contributed by atoms with Crippen LogP contribution in [0.15, 0.2) is 17.1 Å². The SMILES string of the molecule is CCCN=C1NC(=O)C(c2cc(F)c(F)c(F)c2)N1. The lowest BCUT2D eigenvalue weighted by molar-refractivity contribution is -0.120.